The second kappa shape index (κ2) is 6.10. The van der Waals surface area contributed by atoms with Gasteiger partial charge in [-0.2, -0.15) is 8.78 Å². The second-order valence-electron chi connectivity index (χ2n) is 3.45. The molecule has 1 aromatic carbocycles. The lowest BCUT2D eigenvalue weighted by molar-refractivity contribution is -0.130. The van der Waals surface area contributed by atoms with E-state index in [9.17, 15) is 17.6 Å². The summed E-state index contributed by atoms with van der Waals surface area (Å²) >= 11 is 8.55. The summed E-state index contributed by atoms with van der Waals surface area (Å²) in [6.45, 7) is 1.87. The number of alkyl halides is 5. The van der Waals surface area contributed by atoms with Crippen molar-refractivity contribution in [2.24, 2.45) is 0 Å². The largest absolute Gasteiger partial charge is 0.494 e. The van der Waals surface area contributed by atoms with Crippen molar-refractivity contribution in [3.05, 3.63) is 28.2 Å². The molecule has 18 heavy (non-hydrogen) atoms. The standard InChI is InChI=1S/C11H10BrClF4O/c1-2-18-8-4-3-6(12)5-7(8)9(13)11(16,17)10(14)15/h3-5,9-10H,2H2,1H3. The van der Waals surface area contributed by atoms with Gasteiger partial charge in [-0.25, -0.2) is 8.78 Å². The van der Waals surface area contributed by atoms with Crippen molar-refractivity contribution in [2.75, 3.05) is 6.61 Å². The highest BCUT2D eigenvalue weighted by Gasteiger charge is 2.49. The number of hydrogen-bond acceptors (Lipinski definition) is 1. The van der Waals surface area contributed by atoms with E-state index in [0.29, 0.717) is 4.47 Å². The zero-order valence-corrected chi connectivity index (χ0v) is 11.6. The van der Waals surface area contributed by atoms with Crippen molar-refractivity contribution < 1.29 is 22.3 Å². The van der Waals surface area contributed by atoms with Gasteiger partial charge in [-0.1, -0.05) is 15.9 Å². The zero-order valence-electron chi connectivity index (χ0n) is 9.27. The minimum atomic E-state index is -4.33. The van der Waals surface area contributed by atoms with E-state index < -0.39 is 17.7 Å². The Labute approximate surface area is 115 Å². The van der Waals surface area contributed by atoms with Crippen LogP contribution in [0.25, 0.3) is 0 Å². The summed E-state index contributed by atoms with van der Waals surface area (Å²) in [5, 5.41) is -2.16. The van der Waals surface area contributed by atoms with Crippen LogP contribution in [0, 0.1) is 0 Å². The van der Waals surface area contributed by atoms with E-state index in [1.54, 1.807) is 13.0 Å². The van der Waals surface area contributed by atoms with E-state index in [2.05, 4.69) is 15.9 Å². The molecule has 1 atom stereocenters. The van der Waals surface area contributed by atoms with Crippen molar-refractivity contribution in [3.63, 3.8) is 0 Å². The van der Waals surface area contributed by atoms with Crippen LogP contribution in [-0.2, 0) is 0 Å². The molecule has 0 fully saturated rings. The maximum atomic E-state index is 13.2. The summed E-state index contributed by atoms with van der Waals surface area (Å²) in [5.74, 6) is -4.25. The normalized spacial score (nSPS) is 13.8. The average molecular weight is 350 g/mol. The number of benzene rings is 1. The molecule has 0 aliphatic rings. The van der Waals surface area contributed by atoms with E-state index in [-0.39, 0.29) is 17.9 Å². The van der Waals surface area contributed by atoms with Crippen LogP contribution >= 0.6 is 27.5 Å². The van der Waals surface area contributed by atoms with Gasteiger partial charge in [-0.15, -0.1) is 11.6 Å². The number of halogens is 6. The van der Waals surface area contributed by atoms with Crippen LogP contribution in [-0.4, -0.2) is 19.0 Å². The Hall–Kier alpha value is -0.490. The summed E-state index contributed by atoms with van der Waals surface area (Å²) in [4.78, 5) is 0. The first-order valence-electron chi connectivity index (χ1n) is 5.03. The zero-order chi connectivity index (χ0) is 13.9. The second-order valence-corrected chi connectivity index (χ2v) is 4.81. The topological polar surface area (TPSA) is 9.23 Å². The molecule has 0 N–H and O–H groups in total. The van der Waals surface area contributed by atoms with Crippen LogP contribution in [0.2, 0.25) is 0 Å². The summed E-state index contributed by atoms with van der Waals surface area (Å²) in [7, 11) is 0. The molecule has 0 aliphatic carbocycles. The molecule has 1 aromatic rings. The third-order valence-corrected chi connectivity index (χ3v) is 3.19. The molecular weight excluding hydrogens is 339 g/mol. The van der Waals surface area contributed by atoms with Crippen molar-refractivity contribution in [2.45, 2.75) is 24.6 Å². The summed E-state index contributed by atoms with van der Waals surface area (Å²) in [5.41, 5.74) is -0.168. The minimum Gasteiger partial charge on any atom is -0.494 e. The van der Waals surface area contributed by atoms with Crippen LogP contribution in [0.1, 0.15) is 17.9 Å². The van der Waals surface area contributed by atoms with Gasteiger partial charge >= 0.3 is 12.3 Å². The molecule has 1 nitrogen and oxygen atoms in total. The average Bonchev–Trinajstić information content (AvgIpc) is 2.30. The van der Waals surface area contributed by atoms with Crippen LogP contribution in [0.3, 0.4) is 0 Å². The highest BCUT2D eigenvalue weighted by atomic mass is 79.9. The molecule has 0 radical (unpaired) electrons. The lowest BCUT2D eigenvalue weighted by atomic mass is 10.1. The molecule has 0 amide bonds. The molecule has 0 aromatic heterocycles. The Morgan fingerprint density at radius 3 is 2.50 bits per heavy atom. The van der Waals surface area contributed by atoms with Gasteiger partial charge in [0.2, 0.25) is 0 Å². The lowest BCUT2D eigenvalue weighted by Crippen LogP contribution is -2.31. The molecule has 1 rings (SSSR count). The predicted octanol–water partition coefficient (Wildman–Crippen LogP) is 5.03. The molecule has 0 saturated carbocycles. The number of hydrogen-bond donors (Lipinski definition) is 0. The molecule has 0 spiro atoms. The summed E-state index contributed by atoms with van der Waals surface area (Å²) < 4.78 is 56.6. The molecule has 0 saturated heterocycles. The third-order valence-electron chi connectivity index (χ3n) is 2.17. The Morgan fingerprint density at radius 2 is 2.00 bits per heavy atom. The Morgan fingerprint density at radius 1 is 1.39 bits per heavy atom. The van der Waals surface area contributed by atoms with Gasteiger partial charge in [0.05, 0.1) is 6.61 Å². The smallest absolute Gasteiger partial charge is 0.327 e. The molecule has 102 valence electrons. The van der Waals surface area contributed by atoms with Gasteiger partial charge in [-0.3, -0.25) is 0 Å². The molecule has 1 unspecified atom stereocenters. The maximum absolute atomic E-state index is 13.2. The first-order valence-corrected chi connectivity index (χ1v) is 6.25. The maximum Gasteiger partial charge on any atom is 0.327 e. The van der Waals surface area contributed by atoms with Gasteiger partial charge in [0, 0.05) is 10.0 Å². The first kappa shape index (κ1) is 15.6. The Bertz CT molecular complexity index is 414. The van der Waals surface area contributed by atoms with Crippen LogP contribution < -0.4 is 4.74 Å². The third kappa shape index (κ3) is 3.29. The van der Waals surface area contributed by atoms with Crippen LogP contribution in [0.4, 0.5) is 17.6 Å². The lowest BCUT2D eigenvalue weighted by Gasteiger charge is -2.23. The van der Waals surface area contributed by atoms with E-state index >= 15 is 0 Å². The minimum absolute atomic E-state index is 0.0704. The molecule has 0 bridgehead atoms. The van der Waals surface area contributed by atoms with Gasteiger partial charge in [-0.05, 0) is 25.1 Å². The fourth-order valence-electron chi connectivity index (χ4n) is 1.32. The van der Waals surface area contributed by atoms with Crippen molar-refractivity contribution in [3.8, 4) is 5.75 Å². The quantitative estimate of drug-likeness (QED) is 0.535. The predicted molar refractivity (Wildman–Crippen MR) is 64.9 cm³/mol. The van der Waals surface area contributed by atoms with Crippen molar-refractivity contribution in [1.82, 2.24) is 0 Å². The van der Waals surface area contributed by atoms with E-state index in [1.165, 1.54) is 12.1 Å². The van der Waals surface area contributed by atoms with Gasteiger partial charge in [0.1, 0.15) is 11.1 Å². The van der Waals surface area contributed by atoms with Crippen LogP contribution in [0.5, 0.6) is 5.75 Å². The molecular formula is C11H10BrClF4O. The monoisotopic (exact) mass is 348 g/mol. The Kier molecular flexibility index (Phi) is 5.28. The van der Waals surface area contributed by atoms with Gasteiger partial charge in [0.15, 0.2) is 0 Å². The van der Waals surface area contributed by atoms with Gasteiger partial charge in [0.25, 0.3) is 0 Å². The fourth-order valence-corrected chi connectivity index (χ4v) is 1.97. The van der Waals surface area contributed by atoms with E-state index in [4.69, 9.17) is 16.3 Å². The summed E-state index contributed by atoms with van der Waals surface area (Å²) in [6.07, 6.45) is -3.84. The molecule has 0 aliphatic heterocycles. The van der Waals surface area contributed by atoms with E-state index in [0.717, 1.165) is 0 Å². The SMILES string of the molecule is CCOc1ccc(Br)cc1C(Cl)C(F)(F)C(F)F. The number of rotatable bonds is 5. The summed E-state index contributed by atoms with van der Waals surface area (Å²) in [6, 6.07) is 4.21. The first-order chi connectivity index (χ1) is 8.30. The molecule has 0 heterocycles. The van der Waals surface area contributed by atoms with Crippen LogP contribution in [0.15, 0.2) is 22.7 Å². The fraction of sp³-hybridized carbons (Fsp3) is 0.455. The Balaban J connectivity index is 3.18. The highest BCUT2D eigenvalue weighted by molar-refractivity contribution is 9.10. The van der Waals surface area contributed by atoms with Gasteiger partial charge < -0.3 is 4.74 Å². The van der Waals surface area contributed by atoms with Crippen molar-refractivity contribution >= 4 is 27.5 Å². The number of ether oxygens (including phenoxy) is 1. The van der Waals surface area contributed by atoms with Crippen molar-refractivity contribution in [1.29, 1.82) is 0 Å². The van der Waals surface area contributed by atoms with E-state index in [1.807, 2.05) is 0 Å². The molecule has 7 heteroatoms. The highest BCUT2D eigenvalue weighted by Crippen LogP contribution is 2.45.